The van der Waals surface area contributed by atoms with Crippen molar-refractivity contribution < 1.29 is 4.79 Å². The van der Waals surface area contributed by atoms with Gasteiger partial charge in [-0.3, -0.25) is 9.36 Å². The predicted molar refractivity (Wildman–Crippen MR) is 97.9 cm³/mol. The SMILES string of the molecule is CCCCn1c(SCC(=O)Nc2ccc(N(C)C)cc2)n[nH]c1=O. The zero-order chi connectivity index (χ0) is 17.5. The summed E-state index contributed by atoms with van der Waals surface area (Å²) in [5.74, 6) is 0.0707. The Hall–Kier alpha value is -2.22. The number of aromatic nitrogens is 3. The van der Waals surface area contributed by atoms with Crippen LogP contribution >= 0.6 is 11.8 Å². The third-order valence-corrected chi connectivity index (χ3v) is 4.43. The number of nitrogens with zero attached hydrogens (tertiary/aromatic N) is 3. The van der Waals surface area contributed by atoms with E-state index >= 15 is 0 Å². The van der Waals surface area contributed by atoms with Crippen LogP contribution in [0, 0.1) is 0 Å². The molecule has 0 spiro atoms. The van der Waals surface area contributed by atoms with Crippen LogP contribution < -0.4 is 15.9 Å². The molecular weight excluding hydrogens is 326 g/mol. The van der Waals surface area contributed by atoms with Gasteiger partial charge in [-0.25, -0.2) is 9.89 Å². The van der Waals surface area contributed by atoms with Gasteiger partial charge in [0.05, 0.1) is 5.75 Å². The zero-order valence-corrected chi connectivity index (χ0v) is 15.0. The molecule has 130 valence electrons. The first-order valence-corrected chi connectivity index (χ1v) is 8.85. The number of aromatic amines is 1. The maximum absolute atomic E-state index is 12.1. The van der Waals surface area contributed by atoms with Crippen LogP contribution in [-0.2, 0) is 11.3 Å². The topological polar surface area (TPSA) is 83.0 Å². The van der Waals surface area contributed by atoms with Crippen LogP contribution in [0.1, 0.15) is 19.8 Å². The van der Waals surface area contributed by atoms with E-state index in [1.54, 1.807) is 4.57 Å². The van der Waals surface area contributed by atoms with Gasteiger partial charge in [0.25, 0.3) is 0 Å². The molecule has 0 fully saturated rings. The number of benzene rings is 1. The van der Waals surface area contributed by atoms with Crippen LogP contribution in [0.15, 0.2) is 34.2 Å². The summed E-state index contributed by atoms with van der Waals surface area (Å²) >= 11 is 1.25. The van der Waals surface area contributed by atoms with Crippen molar-refractivity contribution in [1.82, 2.24) is 14.8 Å². The van der Waals surface area contributed by atoms with Gasteiger partial charge in [0.1, 0.15) is 0 Å². The lowest BCUT2D eigenvalue weighted by molar-refractivity contribution is -0.113. The Kier molecular flexibility index (Phi) is 6.48. The monoisotopic (exact) mass is 349 g/mol. The van der Waals surface area contributed by atoms with E-state index in [2.05, 4.69) is 22.4 Å². The highest BCUT2D eigenvalue weighted by Crippen LogP contribution is 2.17. The highest BCUT2D eigenvalue weighted by molar-refractivity contribution is 7.99. The van der Waals surface area contributed by atoms with Crippen LogP contribution in [0.5, 0.6) is 0 Å². The molecule has 0 bridgehead atoms. The summed E-state index contributed by atoms with van der Waals surface area (Å²) in [6.45, 7) is 2.68. The standard InChI is InChI=1S/C16H23N5O2S/c1-4-5-10-21-15(23)18-19-16(21)24-11-14(22)17-12-6-8-13(9-7-12)20(2)3/h6-9H,4-5,10-11H2,1-3H3,(H,17,22)(H,18,23). The zero-order valence-electron chi connectivity index (χ0n) is 14.2. The average Bonchev–Trinajstić information content (AvgIpc) is 2.91. The molecule has 0 unspecified atom stereocenters. The number of carbonyl (C=O) groups excluding carboxylic acids is 1. The van der Waals surface area contributed by atoms with Gasteiger partial charge in [-0.05, 0) is 30.7 Å². The van der Waals surface area contributed by atoms with Gasteiger partial charge in [0.2, 0.25) is 5.91 Å². The number of nitrogens with one attached hydrogen (secondary N) is 2. The molecule has 0 atom stereocenters. The molecule has 0 aliphatic carbocycles. The summed E-state index contributed by atoms with van der Waals surface area (Å²) in [6, 6.07) is 7.62. The van der Waals surface area contributed by atoms with Crippen molar-refractivity contribution in [2.24, 2.45) is 0 Å². The number of amides is 1. The van der Waals surface area contributed by atoms with Crippen molar-refractivity contribution in [2.45, 2.75) is 31.5 Å². The number of hydrogen-bond acceptors (Lipinski definition) is 5. The van der Waals surface area contributed by atoms with E-state index in [0.29, 0.717) is 11.7 Å². The largest absolute Gasteiger partial charge is 0.378 e. The summed E-state index contributed by atoms with van der Waals surface area (Å²) < 4.78 is 1.58. The van der Waals surface area contributed by atoms with Crippen molar-refractivity contribution in [3.05, 3.63) is 34.7 Å². The molecular formula is C16H23N5O2S. The van der Waals surface area contributed by atoms with Crippen LogP contribution in [0.4, 0.5) is 11.4 Å². The molecule has 1 amide bonds. The second kappa shape index (κ2) is 8.58. The molecule has 8 heteroatoms. The molecule has 7 nitrogen and oxygen atoms in total. The van der Waals surface area contributed by atoms with E-state index in [-0.39, 0.29) is 17.3 Å². The van der Waals surface area contributed by atoms with Gasteiger partial charge in [0, 0.05) is 32.0 Å². The number of thioether (sulfide) groups is 1. The van der Waals surface area contributed by atoms with E-state index in [0.717, 1.165) is 24.2 Å². The Morgan fingerprint density at radius 3 is 2.67 bits per heavy atom. The highest BCUT2D eigenvalue weighted by Gasteiger charge is 2.11. The maximum Gasteiger partial charge on any atom is 0.343 e. The minimum Gasteiger partial charge on any atom is -0.378 e. The van der Waals surface area contributed by atoms with Crippen molar-refractivity contribution in [1.29, 1.82) is 0 Å². The third kappa shape index (κ3) is 4.89. The Bertz CT molecular complexity index is 721. The molecule has 0 saturated heterocycles. The maximum atomic E-state index is 12.1. The quantitative estimate of drug-likeness (QED) is 0.714. The summed E-state index contributed by atoms with van der Waals surface area (Å²) in [5.41, 5.74) is 1.58. The van der Waals surface area contributed by atoms with Crippen LogP contribution in [0.2, 0.25) is 0 Å². The van der Waals surface area contributed by atoms with E-state index in [1.165, 1.54) is 11.8 Å². The van der Waals surface area contributed by atoms with E-state index in [1.807, 2.05) is 43.3 Å². The van der Waals surface area contributed by atoms with Crippen LogP contribution in [-0.4, -0.2) is 40.5 Å². The number of anilines is 2. The van der Waals surface area contributed by atoms with Gasteiger partial charge < -0.3 is 10.2 Å². The Morgan fingerprint density at radius 1 is 1.33 bits per heavy atom. The van der Waals surface area contributed by atoms with E-state index < -0.39 is 0 Å². The molecule has 1 aromatic carbocycles. The van der Waals surface area contributed by atoms with Crippen LogP contribution in [0.25, 0.3) is 0 Å². The Morgan fingerprint density at radius 2 is 2.04 bits per heavy atom. The lowest BCUT2D eigenvalue weighted by Gasteiger charge is -2.13. The number of H-pyrrole nitrogens is 1. The molecule has 2 N–H and O–H groups in total. The van der Waals surface area contributed by atoms with Gasteiger partial charge in [-0.1, -0.05) is 25.1 Å². The van der Waals surface area contributed by atoms with E-state index in [9.17, 15) is 9.59 Å². The second-order valence-electron chi connectivity index (χ2n) is 5.59. The first kappa shape index (κ1) is 18.1. The third-order valence-electron chi connectivity index (χ3n) is 3.46. The summed E-state index contributed by atoms with van der Waals surface area (Å²) in [7, 11) is 3.93. The summed E-state index contributed by atoms with van der Waals surface area (Å²) in [6.07, 6.45) is 1.89. The Balaban J connectivity index is 1.90. The molecule has 0 saturated carbocycles. The number of hydrogen-bond donors (Lipinski definition) is 2. The van der Waals surface area contributed by atoms with Crippen molar-refractivity contribution in [2.75, 3.05) is 30.1 Å². The Labute approximate surface area is 145 Å². The number of rotatable bonds is 8. The summed E-state index contributed by atoms with van der Waals surface area (Å²) in [4.78, 5) is 25.8. The minimum absolute atomic E-state index is 0.130. The first-order valence-electron chi connectivity index (χ1n) is 7.86. The second-order valence-corrected chi connectivity index (χ2v) is 6.54. The normalized spacial score (nSPS) is 10.6. The van der Waals surface area contributed by atoms with Crippen molar-refractivity contribution in [3.63, 3.8) is 0 Å². The fourth-order valence-electron chi connectivity index (χ4n) is 2.10. The van der Waals surface area contributed by atoms with Crippen LogP contribution in [0.3, 0.4) is 0 Å². The van der Waals surface area contributed by atoms with Gasteiger partial charge in [0.15, 0.2) is 5.16 Å². The lowest BCUT2D eigenvalue weighted by atomic mass is 10.2. The molecule has 1 heterocycles. The van der Waals surface area contributed by atoms with E-state index in [4.69, 9.17) is 0 Å². The molecule has 0 radical (unpaired) electrons. The molecule has 1 aromatic heterocycles. The fraction of sp³-hybridized carbons (Fsp3) is 0.438. The fourth-order valence-corrected chi connectivity index (χ4v) is 2.87. The number of carbonyl (C=O) groups is 1. The first-order chi connectivity index (χ1) is 11.5. The summed E-state index contributed by atoms with van der Waals surface area (Å²) in [5, 5.41) is 9.81. The van der Waals surface area contributed by atoms with Crippen molar-refractivity contribution >= 4 is 29.0 Å². The van der Waals surface area contributed by atoms with Gasteiger partial charge >= 0.3 is 5.69 Å². The molecule has 2 aromatic rings. The number of unbranched alkanes of at least 4 members (excludes halogenated alkanes) is 1. The average molecular weight is 349 g/mol. The molecule has 24 heavy (non-hydrogen) atoms. The van der Waals surface area contributed by atoms with Gasteiger partial charge in [-0.2, -0.15) is 0 Å². The van der Waals surface area contributed by atoms with Crippen molar-refractivity contribution in [3.8, 4) is 0 Å². The molecule has 0 aliphatic rings. The highest BCUT2D eigenvalue weighted by atomic mass is 32.2. The molecule has 0 aliphatic heterocycles. The molecule has 2 rings (SSSR count). The predicted octanol–water partition coefficient (Wildman–Crippen LogP) is 2.17. The minimum atomic E-state index is -0.231. The lowest BCUT2D eigenvalue weighted by Crippen LogP contribution is -2.19. The van der Waals surface area contributed by atoms with Gasteiger partial charge in [-0.15, -0.1) is 5.10 Å². The smallest absolute Gasteiger partial charge is 0.343 e.